The molecule has 0 aliphatic carbocycles. The monoisotopic (exact) mass is 159 g/mol. The summed E-state index contributed by atoms with van der Waals surface area (Å²) in [7, 11) is 0. The molecule has 0 spiro atoms. The van der Waals surface area contributed by atoms with E-state index in [2.05, 4.69) is 34.9 Å². The first-order chi connectivity index (χ1) is 2.00. The van der Waals surface area contributed by atoms with Gasteiger partial charge in [-0.1, -0.05) is 19.6 Å². The van der Waals surface area contributed by atoms with Crippen molar-refractivity contribution >= 4 is 40.8 Å². The summed E-state index contributed by atoms with van der Waals surface area (Å²) < 4.78 is 0. The molecule has 1 radical (unpaired) electrons. The minimum Gasteiger partial charge on any atom is -0.127 e. The average molecular weight is 160 g/mol. The summed E-state index contributed by atoms with van der Waals surface area (Å²) in [6, 6.07) is 0. The van der Waals surface area contributed by atoms with Crippen LogP contribution in [-0.2, 0) is 0 Å². The summed E-state index contributed by atoms with van der Waals surface area (Å²) in [4.78, 5) is 0. The molecule has 0 aliphatic heterocycles. The molecule has 0 bridgehead atoms. The maximum absolute atomic E-state index is 3.51. The number of hydrogen-bond acceptors (Lipinski definition) is 0. The molecule has 0 heterocycles. The van der Waals surface area contributed by atoms with E-state index in [4.69, 9.17) is 0 Å². The van der Waals surface area contributed by atoms with Gasteiger partial charge in [-0.05, 0) is 0 Å². The van der Waals surface area contributed by atoms with E-state index in [0.717, 1.165) is 0 Å². The first-order valence-corrected chi connectivity index (χ1v) is 7.45. The Morgan fingerprint density at radius 3 is 1.17 bits per heavy atom. The molecule has 0 aromatic carbocycles. The van der Waals surface area contributed by atoms with Gasteiger partial charge in [0.15, 0.2) is 0 Å². The zero-order valence-electron chi connectivity index (χ0n) is 4.88. The van der Waals surface area contributed by atoms with Gasteiger partial charge in [0.1, 0.15) is 6.69 Å². The van der Waals surface area contributed by atoms with E-state index in [1.54, 1.807) is 0 Å². The van der Waals surface area contributed by atoms with Crippen LogP contribution in [0.15, 0.2) is 0 Å². The van der Waals surface area contributed by atoms with Gasteiger partial charge in [0.25, 0.3) is 0 Å². The van der Waals surface area contributed by atoms with Crippen molar-refractivity contribution in [3.05, 3.63) is 0 Å². The third-order valence-corrected chi connectivity index (χ3v) is 0. The van der Waals surface area contributed by atoms with E-state index in [-0.39, 0.29) is 18.9 Å². The minimum absolute atomic E-state index is 0. The Bertz CT molecular complexity index is 26.3. The molecule has 0 unspecified atom stereocenters. The van der Waals surface area contributed by atoms with Crippen molar-refractivity contribution in [1.29, 1.82) is 0 Å². The fourth-order valence-corrected chi connectivity index (χ4v) is 0. The molecule has 0 fully saturated rings. The number of halogens is 1. The molecule has 6 heavy (non-hydrogen) atoms. The van der Waals surface area contributed by atoms with Gasteiger partial charge >= 0.3 is 0 Å². The molecule has 0 amide bonds. The minimum atomic E-state index is -0.799. The summed E-state index contributed by atoms with van der Waals surface area (Å²) in [5.41, 5.74) is 0. The maximum Gasteiger partial charge on any atom is 0.121 e. The molecule has 0 aromatic heterocycles. The smallest absolute Gasteiger partial charge is 0.121 e. The Balaban J connectivity index is 0. The maximum atomic E-state index is 3.51. The average Bonchev–Trinajstić information content (AvgIpc) is 0.722. The van der Waals surface area contributed by atoms with Crippen molar-refractivity contribution in [1.82, 2.24) is 0 Å². The SMILES string of the molecule is C[Si](C)(C)Br.[Li]. The van der Waals surface area contributed by atoms with Crippen LogP contribution >= 0.6 is 15.3 Å². The molecule has 0 rings (SSSR count). The van der Waals surface area contributed by atoms with Gasteiger partial charge in [-0.2, -0.15) is 0 Å². The molecule has 0 saturated heterocycles. The molecule has 3 heteroatoms. The van der Waals surface area contributed by atoms with Gasteiger partial charge < -0.3 is 0 Å². The normalized spacial score (nSPS) is 10.0. The van der Waals surface area contributed by atoms with Crippen LogP contribution in [0, 0.1) is 0 Å². The van der Waals surface area contributed by atoms with Crippen molar-refractivity contribution in [2.24, 2.45) is 0 Å². The second-order valence-electron chi connectivity index (χ2n) is 2.07. The zero-order chi connectivity index (χ0) is 4.50. The summed E-state index contributed by atoms with van der Waals surface area (Å²) >= 11 is 3.51. The number of rotatable bonds is 0. The third kappa shape index (κ3) is 58.3. The van der Waals surface area contributed by atoms with E-state index in [1.165, 1.54) is 0 Å². The van der Waals surface area contributed by atoms with Crippen molar-refractivity contribution in [3.63, 3.8) is 0 Å². The Kier molecular flexibility index (Phi) is 5.70. The van der Waals surface area contributed by atoms with Gasteiger partial charge in [0.05, 0.1) is 0 Å². The molecule has 0 aliphatic rings. The Labute approximate surface area is 60.5 Å². The van der Waals surface area contributed by atoms with Crippen molar-refractivity contribution < 1.29 is 0 Å². The number of hydrogen-bond donors (Lipinski definition) is 0. The van der Waals surface area contributed by atoms with Crippen LogP contribution in [0.25, 0.3) is 0 Å². The van der Waals surface area contributed by atoms with Crippen LogP contribution in [0.4, 0.5) is 0 Å². The quantitative estimate of drug-likeness (QED) is 0.374. The Hall–Kier alpha value is 1.29. The Morgan fingerprint density at radius 1 is 1.17 bits per heavy atom. The second-order valence-corrected chi connectivity index (χ2v) is 13.3. The van der Waals surface area contributed by atoms with Crippen LogP contribution in [-0.4, -0.2) is 25.6 Å². The summed E-state index contributed by atoms with van der Waals surface area (Å²) in [5.74, 6) is 0. The second kappa shape index (κ2) is 3.32. The summed E-state index contributed by atoms with van der Waals surface area (Å²) in [5, 5.41) is 0. The summed E-state index contributed by atoms with van der Waals surface area (Å²) in [6.07, 6.45) is 0. The molecule has 0 nitrogen and oxygen atoms in total. The molecule has 0 N–H and O–H groups in total. The van der Waals surface area contributed by atoms with Gasteiger partial charge in [-0.3, -0.25) is 0 Å². The molecule has 33 valence electrons. The van der Waals surface area contributed by atoms with Gasteiger partial charge in [0, 0.05) is 18.9 Å². The van der Waals surface area contributed by atoms with Crippen molar-refractivity contribution in [2.75, 3.05) is 0 Å². The third-order valence-electron chi connectivity index (χ3n) is 0. The van der Waals surface area contributed by atoms with Crippen LogP contribution in [0.3, 0.4) is 0 Å². The van der Waals surface area contributed by atoms with E-state index >= 15 is 0 Å². The van der Waals surface area contributed by atoms with E-state index in [0.29, 0.717) is 0 Å². The summed E-state index contributed by atoms with van der Waals surface area (Å²) in [6.45, 7) is 5.93. The first-order valence-electron chi connectivity index (χ1n) is 1.69. The van der Waals surface area contributed by atoms with Crippen LogP contribution < -0.4 is 0 Å². The van der Waals surface area contributed by atoms with Crippen LogP contribution in [0.2, 0.25) is 19.6 Å². The molecular weight excluding hydrogens is 151 g/mol. The Morgan fingerprint density at radius 2 is 1.17 bits per heavy atom. The van der Waals surface area contributed by atoms with E-state index < -0.39 is 6.69 Å². The van der Waals surface area contributed by atoms with Crippen molar-refractivity contribution in [3.8, 4) is 0 Å². The van der Waals surface area contributed by atoms with Gasteiger partial charge in [-0.15, -0.1) is 15.3 Å². The fourth-order valence-electron chi connectivity index (χ4n) is 0. The molecule has 0 aromatic rings. The van der Waals surface area contributed by atoms with Crippen LogP contribution in [0.1, 0.15) is 0 Å². The van der Waals surface area contributed by atoms with Crippen LogP contribution in [0.5, 0.6) is 0 Å². The molecule has 0 atom stereocenters. The standard InChI is InChI=1S/C3H9BrSi.Li/c1-5(2,3)4;/h1-3H3;. The molecule has 0 saturated carbocycles. The van der Waals surface area contributed by atoms with E-state index in [1.807, 2.05) is 0 Å². The largest absolute Gasteiger partial charge is 0.127 e. The predicted molar refractivity (Wildman–Crippen MR) is 38.0 cm³/mol. The zero-order valence-corrected chi connectivity index (χ0v) is 7.46. The van der Waals surface area contributed by atoms with Gasteiger partial charge in [0.2, 0.25) is 0 Å². The predicted octanol–water partition coefficient (Wildman–Crippen LogP) is 1.84. The molecular formula is C3H9BrLiSi. The van der Waals surface area contributed by atoms with Gasteiger partial charge in [-0.25, -0.2) is 0 Å². The van der Waals surface area contributed by atoms with E-state index in [9.17, 15) is 0 Å². The first kappa shape index (κ1) is 10.3. The topological polar surface area (TPSA) is 0 Å². The fraction of sp³-hybridized carbons (Fsp3) is 1.00. The van der Waals surface area contributed by atoms with Crippen molar-refractivity contribution in [2.45, 2.75) is 19.6 Å².